The Balaban J connectivity index is 2.04. The molecule has 0 aliphatic carbocycles. The number of hydrogen-bond acceptors (Lipinski definition) is 4. The average molecular weight is 272 g/mol. The van der Waals surface area contributed by atoms with Crippen LogP contribution in [0.1, 0.15) is 28.7 Å². The lowest BCUT2D eigenvalue weighted by Gasteiger charge is -2.03. The smallest absolute Gasteiger partial charge is 0.291 e. The Labute approximate surface area is 116 Å². The van der Waals surface area contributed by atoms with Crippen molar-refractivity contribution in [3.05, 3.63) is 47.3 Å². The number of benzene rings is 1. The second-order valence-corrected chi connectivity index (χ2v) is 4.30. The molecule has 2 N–H and O–H groups in total. The zero-order valence-corrected chi connectivity index (χ0v) is 11.6. The molecule has 0 bridgehead atoms. The number of methoxy groups -OCH3 is 1. The molecule has 6 nitrogen and oxygen atoms in total. The molecule has 2 rings (SSSR count). The highest BCUT2D eigenvalue weighted by Crippen LogP contribution is 2.11. The van der Waals surface area contributed by atoms with Crippen LogP contribution in [0.4, 0.5) is 0 Å². The maximum Gasteiger partial charge on any atom is 0.291 e. The zero-order chi connectivity index (χ0) is 14.5. The first-order chi connectivity index (χ1) is 9.60. The van der Waals surface area contributed by atoms with Crippen LogP contribution >= 0.6 is 0 Å². The standard InChI is InChI=1S/C14H16N4O2/c1-9-8-13(17-15-9)14(19)18-16-10(2)11-4-6-12(20-3)7-5-11/h4-8H,1-3H3,(H,15,17)(H,18,19). The predicted molar refractivity (Wildman–Crippen MR) is 76.0 cm³/mol. The Bertz CT molecular complexity index is 629. The number of aromatic nitrogens is 2. The summed E-state index contributed by atoms with van der Waals surface area (Å²) in [6.07, 6.45) is 0. The second-order valence-electron chi connectivity index (χ2n) is 4.30. The molecule has 1 heterocycles. The minimum atomic E-state index is -0.345. The Morgan fingerprint density at radius 2 is 2.05 bits per heavy atom. The lowest BCUT2D eigenvalue weighted by Crippen LogP contribution is -2.19. The highest BCUT2D eigenvalue weighted by molar-refractivity contribution is 6.00. The quantitative estimate of drug-likeness (QED) is 0.658. The molecule has 6 heteroatoms. The minimum absolute atomic E-state index is 0.314. The van der Waals surface area contributed by atoms with Crippen LogP contribution in [-0.2, 0) is 0 Å². The maximum absolute atomic E-state index is 11.8. The van der Waals surface area contributed by atoms with Crippen molar-refractivity contribution in [2.45, 2.75) is 13.8 Å². The minimum Gasteiger partial charge on any atom is -0.497 e. The van der Waals surface area contributed by atoms with Crippen LogP contribution in [0.2, 0.25) is 0 Å². The Kier molecular flexibility index (Phi) is 4.14. The number of nitrogens with one attached hydrogen (secondary N) is 2. The second kappa shape index (κ2) is 6.01. The van der Waals surface area contributed by atoms with Crippen molar-refractivity contribution in [1.82, 2.24) is 15.6 Å². The van der Waals surface area contributed by atoms with E-state index in [1.807, 2.05) is 38.1 Å². The summed E-state index contributed by atoms with van der Waals surface area (Å²) in [7, 11) is 1.61. The SMILES string of the molecule is COc1ccc(C(C)=NNC(=O)c2cc(C)[nH]n2)cc1. The Morgan fingerprint density at radius 3 is 2.60 bits per heavy atom. The lowest BCUT2D eigenvalue weighted by molar-refractivity contribution is 0.0950. The van der Waals surface area contributed by atoms with Gasteiger partial charge in [-0.1, -0.05) is 0 Å². The fraction of sp³-hybridized carbons (Fsp3) is 0.214. The molecule has 0 atom stereocenters. The highest BCUT2D eigenvalue weighted by Gasteiger charge is 2.08. The molecule has 0 saturated heterocycles. The van der Waals surface area contributed by atoms with Crippen LogP contribution in [0.25, 0.3) is 0 Å². The van der Waals surface area contributed by atoms with Crippen molar-refractivity contribution in [1.29, 1.82) is 0 Å². The highest BCUT2D eigenvalue weighted by atomic mass is 16.5. The van der Waals surface area contributed by atoms with Gasteiger partial charge in [0.15, 0.2) is 5.69 Å². The van der Waals surface area contributed by atoms with E-state index >= 15 is 0 Å². The third kappa shape index (κ3) is 3.23. The molecule has 1 amide bonds. The number of nitrogens with zero attached hydrogens (tertiary/aromatic N) is 2. The molecule has 0 unspecified atom stereocenters. The topological polar surface area (TPSA) is 79.4 Å². The third-order valence-corrected chi connectivity index (χ3v) is 2.77. The first-order valence-corrected chi connectivity index (χ1v) is 6.11. The van der Waals surface area contributed by atoms with E-state index in [1.54, 1.807) is 13.2 Å². The summed E-state index contributed by atoms with van der Waals surface area (Å²) in [5.74, 6) is 0.430. The molecule has 0 aliphatic rings. The van der Waals surface area contributed by atoms with Crippen LogP contribution in [0.15, 0.2) is 35.4 Å². The first kappa shape index (κ1) is 13.8. The number of aryl methyl sites for hydroxylation is 1. The van der Waals surface area contributed by atoms with E-state index in [1.165, 1.54) is 0 Å². The number of rotatable bonds is 4. The van der Waals surface area contributed by atoms with Crippen molar-refractivity contribution in [2.75, 3.05) is 7.11 Å². The van der Waals surface area contributed by atoms with E-state index in [0.717, 1.165) is 17.0 Å². The molecule has 1 aromatic heterocycles. The van der Waals surface area contributed by atoms with E-state index in [2.05, 4.69) is 20.7 Å². The summed E-state index contributed by atoms with van der Waals surface area (Å²) in [5, 5.41) is 10.6. The van der Waals surface area contributed by atoms with Gasteiger partial charge in [0.1, 0.15) is 5.75 Å². The molecule has 20 heavy (non-hydrogen) atoms. The van der Waals surface area contributed by atoms with Crippen molar-refractivity contribution in [3.63, 3.8) is 0 Å². The number of carbonyl (C=O) groups excluding carboxylic acids is 1. The van der Waals surface area contributed by atoms with Gasteiger partial charge in [0.25, 0.3) is 5.91 Å². The van der Waals surface area contributed by atoms with E-state index in [4.69, 9.17) is 4.74 Å². The van der Waals surface area contributed by atoms with E-state index in [-0.39, 0.29) is 5.91 Å². The van der Waals surface area contributed by atoms with Gasteiger partial charge in [0.2, 0.25) is 0 Å². The van der Waals surface area contributed by atoms with Crippen molar-refractivity contribution in [2.24, 2.45) is 5.10 Å². The zero-order valence-electron chi connectivity index (χ0n) is 11.6. The van der Waals surface area contributed by atoms with Gasteiger partial charge in [-0.2, -0.15) is 10.2 Å². The largest absolute Gasteiger partial charge is 0.497 e. The summed E-state index contributed by atoms with van der Waals surface area (Å²) in [6.45, 7) is 3.65. The summed E-state index contributed by atoms with van der Waals surface area (Å²) in [6, 6.07) is 9.10. The number of amides is 1. The number of hydrazone groups is 1. The first-order valence-electron chi connectivity index (χ1n) is 6.11. The van der Waals surface area contributed by atoms with Crippen LogP contribution in [0.5, 0.6) is 5.75 Å². The number of hydrogen-bond donors (Lipinski definition) is 2. The van der Waals surface area contributed by atoms with Crippen LogP contribution in [-0.4, -0.2) is 28.9 Å². The summed E-state index contributed by atoms with van der Waals surface area (Å²) in [4.78, 5) is 11.8. The van der Waals surface area contributed by atoms with Gasteiger partial charge in [-0.05, 0) is 49.7 Å². The van der Waals surface area contributed by atoms with E-state index in [9.17, 15) is 4.79 Å². The molecular weight excluding hydrogens is 256 g/mol. The molecule has 0 fully saturated rings. The third-order valence-electron chi connectivity index (χ3n) is 2.77. The van der Waals surface area contributed by atoms with E-state index < -0.39 is 0 Å². The summed E-state index contributed by atoms with van der Waals surface area (Å²) in [5.41, 5.74) is 5.22. The van der Waals surface area contributed by atoms with Crippen LogP contribution in [0, 0.1) is 6.92 Å². The van der Waals surface area contributed by atoms with Gasteiger partial charge in [-0.3, -0.25) is 9.89 Å². The van der Waals surface area contributed by atoms with Crippen molar-refractivity contribution in [3.8, 4) is 5.75 Å². The van der Waals surface area contributed by atoms with Gasteiger partial charge < -0.3 is 4.74 Å². The van der Waals surface area contributed by atoms with Crippen LogP contribution in [0.3, 0.4) is 0 Å². The predicted octanol–water partition coefficient (Wildman–Crippen LogP) is 1.88. The van der Waals surface area contributed by atoms with Gasteiger partial charge in [0, 0.05) is 5.69 Å². The maximum atomic E-state index is 11.8. The van der Waals surface area contributed by atoms with Crippen molar-refractivity contribution < 1.29 is 9.53 Å². The number of H-pyrrole nitrogens is 1. The van der Waals surface area contributed by atoms with Gasteiger partial charge in [0.05, 0.1) is 12.8 Å². The molecule has 2 aromatic rings. The summed E-state index contributed by atoms with van der Waals surface area (Å²) >= 11 is 0. The molecule has 0 radical (unpaired) electrons. The Hall–Kier alpha value is -2.63. The number of carbonyl (C=O) groups is 1. The molecule has 0 aliphatic heterocycles. The Morgan fingerprint density at radius 1 is 1.35 bits per heavy atom. The fourth-order valence-electron chi connectivity index (χ4n) is 1.62. The van der Waals surface area contributed by atoms with Gasteiger partial charge in [-0.25, -0.2) is 5.43 Å². The number of ether oxygens (including phenoxy) is 1. The number of aromatic amines is 1. The van der Waals surface area contributed by atoms with Crippen molar-refractivity contribution >= 4 is 11.6 Å². The molecule has 0 spiro atoms. The molecule has 104 valence electrons. The van der Waals surface area contributed by atoms with Crippen LogP contribution < -0.4 is 10.2 Å². The summed E-state index contributed by atoms with van der Waals surface area (Å²) < 4.78 is 5.09. The van der Waals surface area contributed by atoms with E-state index in [0.29, 0.717) is 11.4 Å². The molecule has 0 saturated carbocycles. The normalized spacial score (nSPS) is 11.2. The molecule has 1 aromatic carbocycles. The monoisotopic (exact) mass is 272 g/mol. The lowest BCUT2D eigenvalue weighted by atomic mass is 10.1. The van der Waals surface area contributed by atoms with Gasteiger partial charge >= 0.3 is 0 Å². The molecular formula is C14H16N4O2. The van der Waals surface area contributed by atoms with Gasteiger partial charge in [-0.15, -0.1) is 0 Å². The average Bonchev–Trinajstić information content (AvgIpc) is 2.91. The fourth-order valence-corrected chi connectivity index (χ4v) is 1.62.